The Morgan fingerprint density at radius 2 is 2.07 bits per heavy atom. The summed E-state index contributed by atoms with van der Waals surface area (Å²) in [6.45, 7) is 4.34. The van der Waals surface area contributed by atoms with Gasteiger partial charge in [0, 0.05) is 23.6 Å². The molecular formula is C12H17BrN2. The van der Waals surface area contributed by atoms with Crippen molar-refractivity contribution in [2.45, 2.75) is 19.4 Å². The van der Waals surface area contributed by atoms with E-state index in [2.05, 4.69) is 46.0 Å². The van der Waals surface area contributed by atoms with Crippen molar-refractivity contribution < 1.29 is 0 Å². The Kier molecular flexibility index (Phi) is 3.32. The molecule has 2 nitrogen and oxygen atoms in total. The van der Waals surface area contributed by atoms with Gasteiger partial charge in [0.05, 0.1) is 5.69 Å². The van der Waals surface area contributed by atoms with E-state index in [1.165, 1.54) is 5.69 Å². The maximum Gasteiger partial charge on any atom is 0.0511 e. The summed E-state index contributed by atoms with van der Waals surface area (Å²) in [4.78, 5) is 2.38. The van der Waals surface area contributed by atoms with E-state index >= 15 is 0 Å². The fourth-order valence-electron chi connectivity index (χ4n) is 2.30. The average Bonchev–Trinajstić information content (AvgIpc) is 2.16. The molecule has 0 aromatic heterocycles. The Labute approximate surface area is 99.6 Å². The lowest BCUT2D eigenvalue weighted by atomic mass is 9.96. The number of hydrogen-bond acceptors (Lipinski definition) is 2. The molecule has 0 spiro atoms. The molecular weight excluding hydrogens is 252 g/mol. The number of hydrogen-bond donors (Lipinski definition) is 1. The summed E-state index contributed by atoms with van der Waals surface area (Å²) in [6, 6.07) is 8.65. The minimum absolute atomic E-state index is 0.306. The van der Waals surface area contributed by atoms with E-state index < -0.39 is 0 Å². The van der Waals surface area contributed by atoms with Crippen LogP contribution in [0.25, 0.3) is 0 Å². The molecule has 2 rings (SSSR count). The molecule has 0 radical (unpaired) electrons. The second-order valence-corrected chi connectivity index (χ2v) is 5.31. The molecule has 0 saturated carbocycles. The molecule has 82 valence electrons. The minimum Gasteiger partial charge on any atom is -0.369 e. The minimum atomic E-state index is 0.306. The molecule has 15 heavy (non-hydrogen) atoms. The van der Waals surface area contributed by atoms with Crippen molar-refractivity contribution in [1.82, 2.24) is 0 Å². The number of rotatable bonds is 1. The van der Waals surface area contributed by atoms with Gasteiger partial charge in [0.1, 0.15) is 0 Å². The predicted octanol–water partition coefficient (Wildman–Crippen LogP) is 2.62. The number of piperidine rings is 1. The van der Waals surface area contributed by atoms with Crippen molar-refractivity contribution in [3.8, 4) is 0 Å². The van der Waals surface area contributed by atoms with E-state index in [9.17, 15) is 0 Å². The first-order chi connectivity index (χ1) is 7.16. The van der Waals surface area contributed by atoms with Crippen molar-refractivity contribution in [3.63, 3.8) is 0 Å². The van der Waals surface area contributed by atoms with Crippen LogP contribution in [0.4, 0.5) is 5.69 Å². The quantitative estimate of drug-likeness (QED) is 0.849. The zero-order valence-corrected chi connectivity index (χ0v) is 10.6. The van der Waals surface area contributed by atoms with Crippen molar-refractivity contribution in [2.75, 3.05) is 18.0 Å². The smallest absolute Gasteiger partial charge is 0.0511 e. The van der Waals surface area contributed by atoms with Gasteiger partial charge in [-0.25, -0.2) is 0 Å². The van der Waals surface area contributed by atoms with Crippen LogP contribution in [-0.2, 0) is 0 Å². The van der Waals surface area contributed by atoms with Gasteiger partial charge in [-0.15, -0.1) is 0 Å². The molecule has 0 amide bonds. The Morgan fingerprint density at radius 1 is 1.33 bits per heavy atom. The second-order valence-electron chi connectivity index (χ2n) is 4.46. The molecule has 1 fully saturated rings. The normalized spacial score (nSPS) is 26.7. The lowest BCUT2D eigenvalue weighted by Gasteiger charge is -2.36. The molecule has 1 aliphatic rings. The fourth-order valence-corrected chi connectivity index (χ4v) is 2.84. The van der Waals surface area contributed by atoms with Crippen LogP contribution in [-0.4, -0.2) is 19.1 Å². The van der Waals surface area contributed by atoms with E-state index in [0.717, 1.165) is 24.0 Å². The lowest BCUT2D eigenvalue weighted by Crippen LogP contribution is -2.46. The summed E-state index contributed by atoms with van der Waals surface area (Å²) in [6.07, 6.45) is 1.14. The largest absolute Gasteiger partial charge is 0.369 e. The van der Waals surface area contributed by atoms with Crippen LogP contribution in [0.3, 0.4) is 0 Å². The summed E-state index contributed by atoms with van der Waals surface area (Å²) in [7, 11) is 0. The zero-order valence-electron chi connectivity index (χ0n) is 8.99. The molecule has 0 aliphatic carbocycles. The van der Waals surface area contributed by atoms with E-state index in [1.807, 2.05) is 6.07 Å². The summed E-state index contributed by atoms with van der Waals surface area (Å²) in [5.74, 6) is 0.681. The first-order valence-electron chi connectivity index (χ1n) is 5.42. The SMILES string of the molecule is CC1CC(N)CN(c2ccccc2Br)C1. The highest BCUT2D eigenvalue weighted by Crippen LogP contribution is 2.29. The van der Waals surface area contributed by atoms with Gasteiger partial charge in [0.15, 0.2) is 0 Å². The highest BCUT2D eigenvalue weighted by Gasteiger charge is 2.23. The Bertz CT molecular complexity index is 330. The third kappa shape index (κ3) is 2.52. The van der Waals surface area contributed by atoms with Gasteiger partial charge in [-0.3, -0.25) is 0 Å². The number of halogens is 1. The van der Waals surface area contributed by atoms with Gasteiger partial charge in [0.25, 0.3) is 0 Å². The fraction of sp³-hybridized carbons (Fsp3) is 0.500. The van der Waals surface area contributed by atoms with Crippen LogP contribution in [0, 0.1) is 5.92 Å². The predicted molar refractivity (Wildman–Crippen MR) is 68.1 cm³/mol. The molecule has 1 saturated heterocycles. The Morgan fingerprint density at radius 3 is 2.73 bits per heavy atom. The third-order valence-electron chi connectivity index (χ3n) is 2.89. The maximum atomic E-state index is 6.05. The molecule has 1 aromatic rings. The van der Waals surface area contributed by atoms with Gasteiger partial charge in [-0.05, 0) is 40.4 Å². The first kappa shape index (κ1) is 11.0. The highest BCUT2D eigenvalue weighted by atomic mass is 79.9. The third-order valence-corrected chi connectivity index (χ3v) is 3.56. The molecule has 2 N–H and O–H groups in total. The van der Waals surface area contributed by atoms with Gasteiger partial charge >= 0.3 is 0 Å². The van der Waals surface area contributed by atoms with Crippen molar-refractivity contribution in [3.05, 3.63) is 28.7 Å². The Hall–Kier alpha value is -0.540. The molecule has 1 aliphatic heterocycles. The first-order valence-corrected chi connectivity index (χ1v) is 6.21. The lowest BCUT2D eigenvalue weighted by molar-refractivity contribution is 0.401. The van der Waals surface area contributed by atoms with Gasteiger partial charge in [-0.2, -0.15) is 0 Å². The number of nitrogens with two attached hydrogens (primary N) is 1. The zero-order chi connectivity index (χ0) is 10.8. The number of para-hydroxylation sites is 1. The van der Waals surface area contributed by atoms with Gasteiger partial charge in [-0.1, -0.05) is 19.1 Å². The average molecular weight is 269 g/mol. The number of anilines is 1. The molecule has 2 unspecified atom stereocenters. The van der Waals surface area contributed by atoms with Crippen LogP contribution in [0.1, 0.15) is 13.3 Å². The van der Waals surface area contributed by atoms with Crippen molar-refractivity contribution >= 4 is 21.6 Å². The van der Waals surface area contributed by atoms with Crippen LogP contribution in [0.5, 0.6) is 0 Å². The van der Waals surface area contributed by atoms with Crippen LogP contribution >= 0.6 is 15.9 Å². The summed E-state index contributed by atoms with van der Waals surface area (Å²) in [5.41, 5.74) is 7.31. The standard InChI is InChI=1S/C12H17BrN2/c1-9-6-10(14)8-15(7-9)12-5-3-2-4-11(12)13/h2-5,9-10H,6-8,14H2,1H3. The molecule has 3 heteroatoms. The molecule has 0 bridgehead atoms. The van der Waals surface area contributed by atoms with Crippen LogP contribution in [0.15, 0.2) is 28.7 Å². The highest BCUT2D eigenvalue weighted by molar-refractivity contribution is 9.10. The summed E-state index contributed by atoms with van der Waals surface area (Å²) >= 11 is 3.59. The van der Waals surface area contributed by atoms with Crippen molar-refractivity contribution in [1.29, 1.82) is 0 Å². The molecule has 2 atom stereocenters. The van der Waals surface area contributed by atoms with E-state index in [0.29, 0.717) is 12.0 Å². The van der Waals surface area contributed by atoms with Gasteiger partial charge < -0.3 is 10.6 Å². The van der Waals surface area contributed by atoms with E-state index in [4.69, 9.17) is 5.73 Å². The second kappa shape index (κ2) is 4.54. The van der Waals surface area contributed by atoms with E-state index in [-0.39, 0.29) is 0 Å². The summed E-state index contributed by atoms with van der Waals surface area (Å²) < 4.78 is 1.16. The van der Waals surface area contributed by atoms with Crippen LogP contribution < -0.4 is 10.6 Å². The van der Waals surface area contributed by atoms with Gasteiger partial charge in [0.2, 0.25) is 0 Å². The van der Waals surface area contributed by atoms with Crippen molar-refractivity contribution in [2.24, 2.45) is 11.7 Å². The van der Waals surface area contributed by atoms with E-state index in [1.54, 1.807) is 0 Å². The Balaban J connectivity index is 2.20. The number of benzene rings is 1. The maximum absolute atomic E-state index is 6.05. The topological polar surface area (TPSA) is 29.3 Å². The van der Waals surface area contributed by atoms with Crippen LogP contribution in [0.2, 0.25) is 0 Å². The molecule has 1 aromatic carbocycles. The summed E-state index contributed by atoms with van der Waals surface area (Å²) in [5, 5.41) is 0. The number of nitrogens with zero attached hydrogens (tertiary/aromatic N) is 1. The monoisotopic (exact) mass is 268 g/mol. The molecule has 1 heterocycles.